The second kappa shape index (κ2) is 7.69. The van der Waals surface area contributed by atoms with Crippen LogP contribution in [0.5, 0.6) is 0 Å². The minimum Gasteiger partial charge on any atom is -0.465 e. The van der Waals surface area contributed by atoms with Crippen LogP contribution in [-0.2, 0) is 9.57 Å². The minimum atomic E-state index is -1.37. The fraction of sp³-hybridized carbons (Fsp3) is 0.176. The third kappa shape index (κ3) is 3.90. The van der Waals surface area contributed by atoms with Gasteiger partial charge in [0.1, 0.15) is 12.9 Å². The Morgan fingerprint density at radius 3 is 2.48 bits per heavy atom. The highest BCUT2D eigenvalue weighted by molar-refractivity contribution is 5.99. The van der Waals surface area contributed by atoms with Crippen LogP contribution in [0.3, 0.4) is 0 Å². The Balaban J connectivity index is 2.60. The molecule has 1 N–H and O–H groups in total. The quantitative estimate of drug-likeness (QED) is 0.503. The number of methoxy groups -OCH3 is 1. The molecule has 0 heterocycles. The lowest BCUT2D eigenvalue weighted by molar-refractivity contribution is 0.0601. The summed E-state index contributed by atoms with van der Waals surface area (Å²) in [6.07, 6.45) is 0.904. The second-order valence-corrected chi connectivity index (χ2v) is 5.03. The van der Waals surface area contributed by atoms with Gasteiger partial charge in [-0.1, -0.05) is 11.2 Å². The maximum Gasteiger partial charge on any atom is 0.340 e. The van der Waals surface area contributed by atoms with E-state index in [0.29, 0.717) is 5.56 Å². The molecule has 2 aromatic carbocycles. The first kappa shape index (κ1) is 18.3. The smallest absolute Gasteiger partial charge is 0.340 e. The summed E-state index contributed by atoms with van der Waals surface area (Å²) in [5, 5.41) is 5.75. The van der Waals surface area contributed by atoms with Gasteiger partial charge in [0, 0.05) is 5.56 Å². The van der Waals surface area contributed by atoms with Crippen molar-refractivity contribution in [2.75, 3.05) is 19.5 Å². The van der Waals surface area contributed by atoms with Gasteiger partial charge >= 0.3 is 5.97 Å². The van der Waals surface area contributed by atoms with Gasteiger partial charge in [0.25, 0.3) is 0 Å². The Morgan fingerprint density at radius 2 is 1.88 bits per heavy atom. The number of aryl methyl sites for hydroxylation is 1. The van der Waals surface area contributed by atoms with Gasteiger partial charge in [-0.15, -0.1) is 0 Å². The molecular weight excluding hydrogens is 337 g/mol. The van der Waals surface area contributed by atoms with E-state index in [-0.39, 0.29) is 16.8 Å². The van der Waals surface area contributed by atoms with E-state index >= 15 is 0 Å². The molecule has 5 nitrogen and oxygen atoms in total. The number of nitrogens with zero attached hydrogens (tertiary/aromatic N) is 1. The molecule has 0 aliphatic heterocycles. The Bertz CT molecular complexity index is 838. The lowest BCUT2D eigenvalue weighted by Crippen LogP contribution is -2.11. The number of hydrogen-bond donors (Lipinski definition) is 1. The number of rotatable bonds is 5. The van der Waals surface area contributed by atoms with Crippen molar-refractivity contribution in [3.05, 3.63) is 58.4 Å². The monoisotopic (exact) mass is 352 g/mol. The van der Waals surface area contributed by atoms with E-state index in [1.165, 1.54) is 19.2 Å². The molecule has 0 atom stereocenters. The summed E-state index contributed by atoms with van der Waals surface area (Å²) in [6, 6.07) is 5.18. The summed E-state index contributed by atoms with van der Waals surface area (Å²) in [6.45, 7) is 1.68. The van der Waals surface area contributed by atoms with Crippen molar-refractivity contribution < 1.29 is 27.5 Å². The molecule has 0 saturated carbocycles. The summed E-state index contributed by atoms with van der Waals surface area (Å²) in [5.74, 6) is -4.26. The minimum absolute atomic E-state index is 0.118. The van der Waals surface area contributed by atoms with Gasteiger partial charge in [-0.2, -0.15) is 0 Å². The van der Waals surface area contributed by atoms with Gasteiger partial charge < -0.3 is 14.9 Å². The number of anilines is 2. The topological polar surface area (TPSA) is 59.9 Å². The van der Waals surface area contributed by atoms with Crippen LogP contribution in [0.1, 0.15) is 21.5 Å². The van der Waals surface area contributed by atoms with Crippen molar-refractivity contribution >= 4 is 23.6 Å². The summed E-state index contributed by atoms with van der Waals surface area (Å²) in [4.78, 5) is 16.4. The number of benzene rings is 2. The van der Waals surface area contributed by atoms with Gasteiger partial charge in [0.05, 0.1) is 30.3 Å². The SMILES string of the molecule is CO/N=C/c1cc(C(=O)OC)c(Nc2ccc(C)cc2F)c(F)c1F. The molecule has 8 heteroatoms. The first-order chi connectivity index (χ1) is 11.9. The first-order valence-corrected chi connectivity index (χ1v) is 7.09. The third-order valence-electron chi connectivity index (χ3n) is 3.32. The highest BCUT2D eigenvalue weighted by Crippen LogP contribution is 2.30. The second-order valence-electron chi connectivity index (χ2n) is 5.03. The molecule has 2 aromatic rings. The zero-order chi connectivity index (χ0) is 18.6. The van der Waals surface area contributed by atoms with E-state index in [1.807, 2.05) is 0 Å². The van der Waals surface area contributed by atoms with E-state index in [2.05, 4.69) is 20.0 Å². The van der Waals surface area contributed by atoms with E-state index < -0.39 is 29.1 Å². The van der Waals surface area contributed by atoms with Crippen LogP contribution < -0.4 is 5.32 Å². The van der Waals surface area contributed by atoms with E-state index in [4.69, 9.17) is 0 Å². The predicted octanol–water partition coefficient (Wildman–Crippen LogP) is 3.92. The Labute approximate surface area is 142 Å². The molecule has 0 aliphatic carbocycles. The molecular formula is C17H15F3N2O3. The number of nitrogens with one attached hydrogen (secondary N) is 1. The molecule has 2 rings (SSSR count). The van der Waals surface area contributed by atoms with E-state index in [1.54, 1.807) is 13.0 Å². The average Bonchev–Trinajstić information content (AvgIpc) is 2.59. The van der Waals surface area contributed by atoms with Crippen LogP contribution in [0.4, 0.5) is 24.5 Å². The Morgan fingerprint density at radius 1 is 1.16 bits per heavy atom. The number of ether oxygens (including phenoxy) is 1. The van der Waals surface area contributed by atoms with Crippen LogP contribution in [0.25, 0.3) is 0 Å². The van der Waals surface area contributed by atoms with Gasteiger partial charge in [-0.25, -0.2) is 18.0 Å². The molecule has 0 saturated heterocycles. The van der Waals surface area contributed by atoms with E-state index in [9.17, 15) is 18.0 Å². The lowest BCUT2D eigenvalue weighted by Gasteiger charge is -2.14. The van der Waals surface area contributed by atoms with Crippen molar-refractivity contribution in [3.63, 3.8) is 0 Å². The van der Waals surface area contributed by atoms with Crippen molar-refractivity contribution in [2.24, 2.45) is 5.16 Å². The maximum absolute atomic E-state index is 14.5. The fourth-order valence-corrected chi connectivity index (χ4v) is 2.10. The predicted molar refractivity (Wildman–Crippen MR) is 86.7 cm³/mol. The average molecular weight is 352 g/mol. The van der Waals surface area contributed by atoms with Crippen LogP contribution in [-0.4, -0.2) is 26.4 Å². The number of esters is 1. The summed E-state index contributed by atoms with van der Waals surface area (Å²) < 4.78 is 47.2. The van der Waals surface area contributed by atoms with Crippen LogP contribution in [0, 0.1) is 24.4 Å². The molecule has 0 aromatic heterocycles. The fourth-order valence-electron chi connectivity index (χ4n) is 2.10. The van der Waals surface area contributed by atoms with Crippen molar-refractivity contribution in [1.82, 2.24) is 0 Å². The van der Waals surface area contributed by atoms with Crippen LogP contribution >= 0.6 is 0 Å². The number of carbonyl (C=O) groups is 1. The van der Waals surface area contributed by atoms with Crippen molar-refractivity contribution in [2.45, 2.75) is 6.92 Å². The van der Waals surface area contributed by atoms with Crippen LogP contribution in [0.2, 0.25) is 0 Å². The summed E-state index contributed by atoms with van der Waals surface area (Å²) in [7, 11) is 2.31. The zero-order valence-corrected chi connectivity index (χ0v) is 13.7. The molecule has 132 valence electrons. The molecule has 0 aliphatic rings. The number of oxime groups is 1. The standard InChI is InChI=1S/C17H15F3N2O3/c1-9-4-5-13(12(18)6-9)22-16-11(17(23)24-2)7-10(8-21-25-3)14(19)15(16)20/h4-8,22H,1-3H3/b21-8+. The highest BCUT2D eigenvalue weighted by Gasteiger charge is 2.23. The number of hydrogen-bond acceptors (Lipinski definition) is 5. The number of carbonyl (C=O) groups excluding carboxylic acids is 1. The van der Waals surface area contributed by atoms with Crippen molar-refractivity contribution in [3.8, 4) is 0 Å². The highest BCUT2D eigenvalue weighted by atomic mass is 19.2. The lowest BCUT2D eigenvalue weighted by atomic mass is 10.1. The Hall–Kier alpha value is -3.03. The van der Waals surface area contributed by atoms with Gasteiger partial charge in [-0.05, 0) is 30.7 Å². The largest absolute Gasteiger partial charge is 0.465 e. The molecule has 0 radical (unpaired) electrons. The summed E-state index contributed by atoms with van der Waals surface area (Å²) in [5.41, 5.74) is -0.656. The van der Waals surface area contributed by atoms with Crippen molar-refractivity contribution in [1.29, 1.82) is 0 Å². The van der Waals surface area contributed by atoms with Gasteiger partial charge in [0.15, 0.2) is 11.6 Å². The summed E-state index contributed by atoms with van der Waals surface area (Å²) >= 11 is 0. The zero-order valence-electron chi connectivity index (χ0n) is 13.7. The molecule has 0 amide bonds. The van der Waals surface area contributed by atoms with E-state index in [0.717, 1.165) is 19.4 Å². The molecule has 25 heavy (non-hydrogen) atoms. The number of halogens is 3. The van der Waals surface area contributed by atoms with Gasteiger partial charge in [0.2, 0.25) is 0 Å². The van der Waals surface area contributed by atoms with Crippen LogP contribution in [0.15, 0.2) is 29.4 Å². The normalized spacial score (nSPS) is 10.8. The maximum atomic E-state index is 14.5. The third-order valence-corrected chi connectivity index (χ3v) is 3.32. The molecule has 0 unspecified atom stereocenters. The Kier molecular flexibility index (Phi) is 5.63. The first-order valence-electron chi connectivity index (χ1n) is 7.09. The van der Waals surface area contributed by atoms with Gasteiger partial charge in [-0.3, -0.25) is 0 Å². The molecule has 0 bridgehead atoms. The molecule has 0 fully saturated rings. The molecule has 0 spiro atoms.